The Hall–Kier alpha value is -0.250. The van der Waals surface area contributed by atoms with Crippen LogP contribution in [0.1, 0.15) is 19.4 Å². The summed E-state index contributed by atoms with van der Waals surface area (Å²) in [6, 6.07) is 8.20. The summed E-state index contributed by atoms with van der Waals surface area (Å²) in [4.78, 5) is 0. The van der Waals surface area contributed by atoms with Gasteiger partial charge in [0.05, 0.1) is 7.11 Å². The maximum absolute atomic E-state index is 5.08. The van der Waals surface area contributed by atoms with E-state index in [0.29, 0.717) is 0 Å². The highest BCUT2D eigenvalue weighted by molar-refractivity contribution is 14.1. The monoisotopic (exact) mass is 276 g/mol. The fourth-order valence-electron chi connectivity index (χ4n) is 0.987. The fourth-order valence-corrected chi connectivity index (χ4v) is 1.35. The van der Waals surface area contributed by atoms with Gasteiger partial charge in [-0.25, -0.2) is 0 Å². The van der Waals surface area contributed by atoms with Crippen LogP contribution in [0, 0.1) is 0 Å². The van der Waals surface area contributed by atoms with Crippen molar-refractivity contribution in [2.75, 3.05) is 7.11 Å². The van der Waals surface area contributed by atoms with Crippen molar-refractivity contribution in [2.24, 2.45) is 0 Å². The highest BCUT2D eigenvalue weighted by Crippen LogP contribution is 2.31. The number of alkyl halides is 1. The molecule has 0 saturated carbocycles. The van der Waals surface area contributed by atoms with E-state index in [2.05, 4.69) is 48.6 Å². The summed E-state index contributed by atoms with van der Waals surface area (Å²) in [5.41, 5.74) is 1.32. The zero-order chi connectivity index (χ0) is 9.19. The number of benzene rings is 1. The van der Waals surface area contributed by atoms with Crippen molar-refractivity contribution in [1.82, 2.24) is 0 Å². The Morgan fingerprint density at radius 3 is 2.00 bits per heavy atom. The standard InChI is InChI=1S/C10H13IO/c1-10(2,11)8-4-6-9(12-3)7-5-8/h4-7H,1-3H3. The van der Waals surface area contributed by atoms with Gasteiger partial charge in [-0.15, -0.1) is 0 Å². The summed E-state index contributed by atoms with van der Waals surface area (Å²) in [6.45, 7) is 4.38. The Bertz CT molecular complexity index is 246. The number of rotatable bonds is 2. The molecule has 0 spiro atoms. The SMILES string of the molecule is COc1ccc(C(C)(C)I)cc1. The van der Waals surface area contributed by atoms with E-state index >= 15 is 0 Å². The Morgan fingerprint density at radius 1 is 1.17 bits per heavy atom. The molecule has 0 amide bonds. The van der Waals surface area contributed by atoms with Crippen molar-refractivity contribution >= 4 is 22.6 Å². The van der Waals surface area contributed by atoms with E-state index in [4.69, 9.17) is 4.74 Å². The summed E-state index contributed by atoms with van der Waals surface area (Å²) in [5, 5.41) is 0. The molecule has 0 bridgehead atoms. The molecule has 0 unspecified atom stereocenters. The average Bonchev–Trinajstić information content (AvgIpc) is 2.03. The van der Waals surface area contributed by atoms with E-state index < -0.39 is 0 Å². The molecule has 0 aliphatic rings. The van der Waals surface area contributed by atoms with Crippen molar-refractivity contribution in [3.05, 3.63) is 29.8 Å². The first-order valence-corrected chi connectivity index (χ1v) is 4.95. The predicted octanol–water partition coefficient (Wildman–Crippen LogP) is 3.37. The molecule has 0 radical (unpaired) electrons. The van der Waals surface area contributed by atoms with Crippen LogP contribution in [0.4, 0.5) is 0 Å². The molecule has 0 saturated heterocycles. The predicted molar refractivity (Wildman–Crippen MR) is 60.0 cm³/mol. The highest BCUT2D eigenvalue weighted by Gasteiger charge is 2.14. The van der Waals surface area contributed by atoms with Gasteiger partial charge < -0.3 is 4.74 Å². The fraction of sp³-hybridized carbons (Fsp3) is 0.400. The molecule has 0 aliphatic heterocycles. The molecule has 0 N–H and O–H groups in total. The lowest BCUT2D eigenvalue weighted by molar-refractivity contribution is 0.414. The first kappa shape index (κ1) is 9.84. The molecule has 0 aromatic heterocycles. The molecule has 0 fully saturated rings. The van der Waals surface area contributed by atoms with Crippen molar-refractivity contribution in [1.29, 1.82) is 0 Å². The normalized spacial score (nSPS) is 11.3. The molecule has 12 heavy (non-hydrogen) atoms. The van der Waals surface area contributed by atoms with Crippen molar-refractivity contribution in [2.45, 2.75) is 17.3 Å². The van der Waals surface area contributed by atoms with Gasteiger partial charge in [0, 0.05) is 3.42 Å². The Labute approximate surface area is 87.3 Å². The van der Waals surface area contributed by atoms with E-state index in [9.17, 15) is 0 Å². The molecule has 66 valence electrons. The first-order chi connectivity index (χ1) is 5.54. The molecule has 0 atom stereocenters. The van der Waals surface area contributed by atoms with Gasteiger partial charge in [-0.2, -0.15) is 0 Å². The maximum Gasteiger partial charge on any atom is 0.118 e. The lowest BCUT2D eigenvalue weighted by Gasteiger charge is -2.16. The second-order valence-electron chi connectivity index (χ2n) is 3.20. The minimum Gasteiger partial charge on any atom is -0.497 e. The van der Waals surface area contributed by atoms with Gasteiger partial charge in [0.25, 0.3) is 0 Å². The van der Waals surface area contributed by atoms with Crippen LogP contribution in [-0.4, -0.2) is 7.11 Å². The molecule has 1 nitrogen and oxygen atoms in total. The lowest BCUT2D eigenvalue weighted by Crippen LogP contribution is -2.05. The molecule has 1 aromatic rings. The van der Waals surface area contributed by atoms with Gasteiger partial charge in [0.2, 0.25) is 0 Å². The molecule has 2 heteroatoms. The van der Waals surface area contributed by atoms with Crippen LogP contribution in [0.5, 0.6) is 5.75 Å². The Balaban J connectivity index is 2.93. The smallest absolute Gasteiger partial charge is 0.118 e. The lowest BCUT2D eigenvalue weighted by atomic mass is 10.0. The number of methoxy groups -OCH3 is 1. The van der Waals surface area contributed by atoms with Crippen LogP contribution in [0.3, 0.4) is 0 Å². The summed E-state index contributed by atoms with van der Waals surface area (Å²) >= 11 is 2.43. The first-order valence-electron chi connectivity index (χ1n) is 3.87. The third-order valence-corrected chi connectivity index (χ3v) is 2.40. The van der Waals surface area contributed by atoms with Gasteiger partial charge >= 0.3 is 0 Å². The summed E-state index contributed by atoms with van der Waals surface area (Å²) in [7, 11) is 1.68. The third kappa shape index (κ3) is 2.37. The van der Waals surface area contributed by atoms with Gasteiger partial charge in [0.15, 0.2) is 0 Å². The summed E-state index contributed by atoms with van der Waals surface area (Å²) in [6.07, 6.45) is 0. The Kier molecular flexibility index (Phi) is 2.99. The largest absolute Gasteiger partial charge is 0.497 e. The third-order valence-electron chi connectivity index (χ3n) is 1.78. The minimum absolute atomic E-state index is 0.198. The topological polar surface area (TPSA) is 9.23 Å². The zero-order valence-electron chi connectivity index (χ0n) is 7.60. The quantitative estimate of drug-likeness (QED) is 0.594. The minimum atomic E-state index is 0.198. The van der Waals surface area contributed by atoms with Gasteiger partial charge in [-0.3, -0.25) is 0 Å². The zero-order valence-corrected chi connectivity index (χ0v) is 9.75. The summed E-state index contributed by atoms with van der Waals surface area (Å²) < 4.78 is 5.28. The van der Waals surface area contributed by atoms with E-state index in [-0.39, 0.29) is 3.42 Å². The van der Waals surface area contributed by atoms with Crippen LogP contribution < -0.4 is 4.74 Å². The van der Waals surface area contributed by atoms with Crippen LogP contribution >= 0.6 is 22.6 Å². The van der Waals surface area contributed by atoms with E-state index in [0.717, 1.165) is 5.75 Å². The molecule has 0 aliphatic carbocycles. The van der Waals surface area contributed by atoms with Crippen molar-refractivity contribution in [3.8, 4) is 5.75 Å². The van der Waals surface area contributed by atoms with Crippen LogP contribution in [-0.2, 0) is 3.42 Å². The molecule has 1 aromatic carbocycles. The van der Waals surface area contributed by atoms with Crippen LogP contribution in [0.15, 0.2) is 24.3 Å². The molecular formula is C10H13IO. The van der Waals surface area contributed by atoms with Crippen LogP contribution in [0.2, 0.25) is 0 Å². The number of halogens is 1. The molecule has 1 rings (SSSR count). The van der Waals surface area contributed by atoms with E-state index in [1.165, 1.54) is 5.56 Å². The van der Waals surface area contributed by atoms with E-state index in [1.807, 2.05) is 12.1 Å². The summed E-state index contributed by atoms with van der Waals surface area (Å²) in [5.74, 6) is 0.916. The maximum atomic E-state index is 5.08. The van der Waals surface area contributed by atoms with Crippen molar-refractivity contribution < 1.29 is 4.74 Å². The Morgan fingerprint density at radius 2 is 1.67 bits per heavy atom. The number of hydrogen-bond donors (Lipinski definition) is 0. The highest BCUT2D eigenvalue weighted by atomic mass is 127. The number of ether oxygens (including phenoxy) is 1. The van der Waals surface area contributed by atoms with Crippen molar-refractivity contribution in [3.63, 3.8) is 0 Å². The van der Waals surface area contributed by atoms with Gasteiger partial charge in [-0.05, 0) is 31.5 Å². The number of hydrogen-bond acceptors (Lipinski definition) is 1. The van der Waals surface area contributed by atoms with E-state index in [1.54, 1.807) is 7.11 Å². The van der Waals surface area contributed by atoms with Gasteiger partial charge in [-0.1, -0.05) is 34.7 Å². The molecule has 0 heterocycles. The van der Waals surface area contributed by atoms with Gasteiger partial charge in [0.1, 0.15) is 5.75 Å². The second-order valence-corrected chi connectivity index (χ2v) is 5.90. The van der Waals surface area contributed by atoms with Crippen LogP contribution in [0.25, 0.3) is 0 Å². The second kappa shape index (κ2) is 3.64. The average molecular weight is 276 g/mol. The molecular weight excluding hydrogens is 263 g/mol.